The highest BCUT2D eigenvalue weighted by molar-refractivity contribution is 5.92. The van der Waals surface area contributed by atoms with Gasteiger partial charge in [-0.15, -0.1) is 10.2 Å². The fraction of sp³-hybridized carbons (Fsp3) is 0.348. The van der Waals surface area contributed by atoms with Gasteiger partial charge in [-0.05, 0) is 67.6 Å². The van der Waals surface area contributed by atoms with Crippen LogP contribution in [0.1, 0.15) is 41.8 Å². The first-order valence-corrected chi connectivity index (χ1v) is 9.98. The van der Waals surface area contributed by atoms with Crippen LogP contribution in [-0.4, -0.2) is 20.7 Å². The maximum atomic E-state index is 12.4. The minimum absolute atomic E-state index is 0.00709. The van der Waals surface area contributed by atoms with Crippen LogP contribution in [0, 0.1) is 13.8 Å². The van der Waals surface area contributed by atoms with Crippen molar-refractivity contribution in [2.24, 2.45) is 0 Å². The first kappa shape index (κ1) is 18.4. The maximum absolute atomic E-state index is 12.4. The molecule has 144 valence electrons. The van der Waals surface area contributed by atoms with Gasteiger partial charge in [-0.25, -0.2) is 0 Å². The number of benzene rings is 2. The third kappa shape index (κ3) is 3.98. The van der Waals surface area contributed by atoms with Crippen LogP contribution in [0.4, 0.5) is 5.69 Å². The van der Waals surface area contributed by atoms with Crippen LogP contribution in [0.25, 0.3) is 11.4 Å². The van der Waals surface area contributed by atoms with Crippen LogP contribution in [-0.2, 0) is 24.2 Å². The third-order valence-electron chi connectivity index (χ3n) is 5.47. The quantitative estimate of drug-likeness (QED) is 0.733. The maximum Gasteiger partial charge on any atom is 0.228 e. The first-order valence-electron chi connectivity index (χ1n) is 9.98. The van der Waals surface area contributed by atoms with Gasteiger partial charge in [0.2, 0.25) is 5.91 Å². The molecule has 5 nitrogen and oxygen atoms in total. The monoisotopic (exact) mass is 374 g/mol. The summed E-state index contributed by atoms with van der Waals surface area (Å²) >= 11 is 0. The molecular formula is C23H26N4O. The largest absolute Gasteiger partial charge is 0.326 e. The van der Waals surface area contributed by atoms with Crippen molar-refractivity contribution >= 4 is 11.6 Å². The molecule has 1 aromatic heterocycles. The molecule has 28 heavy (non-hydrogen) atoms. The number of carbonyl (C=O) groups is 1. The summed E-state index contributed by atoms with van der Waals surface area (Å²) in [6.07, 6.45) is 4.97. The molecule has 0 saturated carbocycles. The number of hydrogen-bond donors (Lipinski definition) is 1. The highest BCUT2D eigenvalue weighted by atomic mass is 16.1. The molecule has 2 heterocycles. The molecule has 5 heteroatoms. The summed E-state index contributed by atoms with van der Waals surface area (Å²) in [6.45, 7) is 5.13. The normalized spacial score (nSPS) is 13.6. The molecule has 0 atom stereocenters. The summed E-state index contributed by atoms with van der Waals surface area (Å²) < 4.78 is 2.24. The van der Waals surface area contributed by atoms with Gasteiger partial charge in [0.15, 0.2) is 5.82 Å². The van der Waals surface area contributed by atoms with E-state index < -0.39 is 0 Å². The molecule has 0 spiro atoms. The fourth-order valence-electron chi connectivity index (χ4n) is 3.71. The van der Waals surface area contributed by atoms with E-state index in [9.17, 15) is 4.79 Å². The van der Waals surface area contributed by atoms with Gasteiger partial charge in [0.25, 0.3) is 0 Å². The summed E-state index contributed by atoms with van der Waals surface area (Å²) in [5.41, 5.74) is 5.32. The second-order valence-electron chi connectivity index (χ2n) is 7.62. The van der Waals surface area contributed by atoms with E-state index in [1.165, 1.54) is 30.4 Å². The van der Waals surface area contributed by atoms with E-state index in [2.05, 4.69) is 46.1 Å². The zero-order chi connectivity index (χ0) is 19.5. The number of rotatable bonds is 4. The lowest BCUT2D eigenvalue weighted by molar-refractivity contribution is -0.115. The zero-order valence-electron chi connectivity index (χ0n) is 16.5. The van der Waals surface area contributed by atoms with Gasteiger partial charge >= 0.3 is 0 Å². The Labute approximate surface area is 165 Å². The molecule has 3 aromatic rings. The smallest absolute Gasteiger partial charge is 0.228 e. The molecule has 0 unspecified atom stereocenters. The number of nitrogens with one attached hydrogen (secondary N) is 1. The van der Waals surface area contributed by atoms with Crippen LogP contribution >= 0.6 is 0 Å². The van der Waals surface area contributed by atoms with Crippen molar-refractivity contribution in [2.45, 2.75) is 52.5 Å². The van der Waals surface area contributed by atoms with E-state index in [1.807, 2.05) is 30.3 Å². The van der Waals surface area contributed by atoms with E-state index in [1.54, 1.807) is 0 Å². The summed E-state index contributed by atoms with van der Waals surface area (Å²) in [7, 11) is 0. The van der Waals surface area contributed by atoms with E-state index in [4.69, 9.17) is 0 Å². The predicted octanol–water partition coefficient (Wildman–Crippen LogP) is 4.47. The van der Waals surface area contributed by atoms with Crippen molar-refractivity contribution in [3.05, 3.63) is 65.0 Å². The minimum atomic E-state index is -0.00709. The lowest BCUT2D eigenvalue weighted by Gasteiger charge is -2.09. The highest BCUT2D eigenvalue weighted by Crippen LogP contribution is 2.24. The molecule has 0 radical (unpaired) electrons. The lowest BCUT2D eigenvalue weighted by Crippen LogP contribution is -2.14. The van der Waals surface area contributed by atoms with Gasteiger partial charge in [-0.1, -0.05) is 24.6 Å². The number of nitrogens with zero attached hydrogens (tertiary/aromatic N) is 3. The number of amides is 1. The number of carbonyl (C=O) groups excluding carboxylic acids is 1. The van der Waals surface area contributed by atoms with Crippen molar-refractivity contribution in [3.8, 4) is 11.4 Å². The molecule has 0 aliphatic carbocycles. The van der Waals surface area contributed by atoms with Crippen molar-refractivity contribution < 1.29 is 4.79 Å². The minimum Gasteiger partial charge on any atom is -0.326 e. The van der Waals surface area contributed by atoms with Crippen LogP contribution in [0.15, 0.2) is 42.5 Å². The molecule has 2 aromatic carbocycles. The summed E-state index contributed by atoms with van der Waals surface area (Å²) in [4.78, 5) is 12.4. The second kappa shape index (κ2) is 7.97. The predicted molar refractivity (Wildman–Crippen MR) is 111 cm³/mol. The Balaban J connectivity index is 1.44. The van der Waals surface area contributed by atoms with Gasteiger partial charge < -0.3 is 9.88 Å². The highest BCUT2D eigenvalue weighted by Gasteiger charge is 2.16. The van der Waals surface area contributed by atoms with E-state index in [0.29, 0.717) is 6.42 Å². The van der Waals surface area contributed by atoms with Gasteiger partial charge in [0.05, 0.1) is 6.42 Å². The fourth-order valence-corrected chi connectivity index (χ4v) is 3.71. The van der Waals surface area contributed by atoms with Crippen molar-refractivity contribution in [1.29, 1.82) is 0 Å². The van der Waals surface area contributed by atoms with Crippen molar-refractivity contribution in [1.82, 2.24) is 14.8 Å². The third-order valence-corrected chi connectivity index (χ3v) is 5.47. The van der Waals surface area contributed by atoms with Gasteiger partial charge in [0.1, 0.15) is 5.82 Å². The van der Waals surface area contributed by atoms with E-state index in [0.717, 1.165) is 41.4 Å². The Morgan fingerprint density at radius 3 is 2.61 bits per heavy atom. The number of anilines is 1. The van der Waals surface area contributed by atoms with Crippen LogP contribution in [0.3, 0.4) is 0 Å². The zero-order valence-corrected chi connectivity index (χ0v) is 16.5. The molecule has 0 saturated heterocycles. The summed E-state index contributed by atoms with van der Waals surface area (Å²) in [5.74, 6) is 2.00. The molecule has 4 rings (SSSR count). The average Bonchev–Trinajstić information content (AvgIpc) is 2.93. The summed E-state index contributed by atoms with van der Waals surface area (Å²) in [6, 6.07) is 14.0. The Morgan fingerprint density at radius 2 is 1.82 bits per heavy atom. The first-order chi connectivity index (χ1) is 13.6. The van der Waals surface area contributed by atoms with E-state index in [-0.39, 0.29) is 5.91 Å². The Hall–Kier alpha value is -2.95. The number of aromatic nitrogens is 3. The lowest BCUT2D eigenvalue weighted by atomic mass is 10.0. The molecule has 0 bridgehead atoms. The Kier molecular flexibility index (Phi) is 5.24. The molecule has 1 aliphatic rings. The SMILES string of the molecule is Cc1ccc(CC(=O)Nc2ccc(-c3nnc4n3CCCCC4)cc2)cc1C. The standard InChI is InChI=1S/C23H26N4O/c1-16-7-8-18(14-17(16)2)15-22(28)24-20-11-9-19(10-12-20)23-26-25-21-6-4-3-5-13-27(21)23/h7-12,14H,3-6,13,15H2,1-2H3,(H,24,28). The number of hydrogen-bond acceptors (Lipinski definition) is 3. The topological polar surface area (TPSA) is 59.8 Å². The molecule has 1 aliphatic heterocycles. The average molecular weight is 374 g/mol. The van der Waals surface area contributed by atoms with Crippen LogP contribution in [0.5, 0.6) is 0 Å². The molecule has 0 fully saturated rings. The Morgan fingerprint density at radius 1 is 1.00 bits per heavy atom. The molecule has 1 amide bonds. The van der Waals surface area contributed by atoms with E-state index >= 15 is 0 Å². The molecular weight excluding hydrogens is 348 g/mol. The van der Waals surface area contributed by atoms with Crippen LogP contribution in [0.2, 0.25) is 0 Å². The Bertz CT molecular complexity index is 988. The van der Waals surface area contributed by atoms with Crippen molar-refractivity contribution in [2.75, 3.05) is 5.32 Å². The van der Waals surface area contributed by atoms with Crippen LogP contribution < -0.4 is 5.32 Å². The number of fused-ring (bicyclic) bond motifs is 1. The van der Waals surface area contributed by atoms with Gasteiger partial charge in [0, 0.05) is 24.2 Å². The molecule has 1 N–H and O–H groups in total. The second-order valence-corrected chi connectivity index (χ2v) is 7.62. The summed E-state index contributed by atoms with van der Waals surface area (Å²) in [5, 5.41) is 11.8. The number of aryl methyl sites for hydroxylation is 3. The van der Waals surface area contributed by atoms with Crippen molar-refractivity contribution in [3.63, 3.8) is 0 Å². The van der Waals surface area contributed by atoms with Gasteiger partial charge in [-0.2, -0.15) is 0 Å². The van der Waals surface area contributed by atoms with Gasteiger partial charge in [-0.3, -0.25) is 4.79 Å².